The summed E-state index contributed by atoms with van der Waals surface area (Å²) in [7, 11) is 1.56. The van der Waals surface area contributed by atoms with Gasteiger partial charge >= 0.3 is 0 Å². The van der Waals surface area contributed by atoms with Crippen LogP contribution < -0.4 is 10.1 Å². The van der Waals surface area contributed by atoms with Crippen molar-refractivity contribution in [2.45, 2.75) is 38.2 Å². The van der Waals surface area contributed by atoms with Gasteiger partial charge in [-0.3, -0.25) is 4.79 Å². The number of carbonyl (C=O) groups excluding carboxylic acids is 1. The number of hydrogen-bond acceptors (Lipinski definition) is 3. The van der Waals surface area contributed by atoms with Crippen molar-refractivity contribution in [2.75, 3.05) is 13.7 Å². The summed E-state index contributed by atoms with van der Waals surface area (Å²) in [5, 5.41) is 13.4. The summed E-state index contributed by atoms with van der Waals surface area (Å²) in [5.41, 5.74) is 0.748. The van der Waals surface area contributed by atoms with Crippen molar-refractivity contribution in [3.8, 4) is 5.75 Å². The van der Waals surface area contributed by atoms with Gasteiger partial charge in [0.15, 0.2) is 0 Å². The minimum absolute atomic E-state index is 0.132. The standard InChI is InChI=1S/C16H22ClNO3/c1-21-15-7-6-13(17)8-12(15)9-16(20)18-10-14(19)11-4-2-3-5-11/h6-8,11,14,19H,2-5,9-10H2,1H3,(H,18,20). The van der Waals surface area contributed by atoms with E-state index in [1.54, 1.807) is 25.3 Å². The van der Waals surface area contributed by atoms with Crippen LogP contribution >= 0.6 is 11.6 Å². The molecule has 4 nitrogen and oxygen atoms in total. The van der Waals surface area contributed by atoms with Crippen molar-refractivity contribution in [1.29, 1.82) is 0 Å². The molecule has 1 aromatic carbocycles. The third-order valence-corrected chi connectivity index (χ3v) is 4.28. The molecule has 0 aliphatic heterocycles. The van der Waals surface area contributed by atoms with Crippen molar-refractivity contribution >= 4 is 17.5 Å². The zero-order chi connectivity index (χ0) is 15.2. The number of ether oxygens (including phenoxy) is 1. The molecule has 1 fully saturated rings. The molecule has 1 aliphatic rings. The lowest BCUT2D eigenvalue weighted by Gasteiger charge is -2.18. The molecule has 0 radical (unpaired) electrons. The van der Waals surface area contributed by atoms with Gasteiger partial charge in [-0.2, -0.15) is 0 Å². The summed E-state index contributed by atoms with van der Waals surface area (Å²) in [6, 6.07) is 5.21. The van der Waals surface area contributed by atoms with Crippen LogP contribution in [0.2, 0.25) is 5.02 Å². The molecule has 2 rings (SSSR count). The number of nitrogens with one attached hydrogen (secondary N) is 1. The predicted octanol–water partition coefficient (Wildman–Crippen LogP) is 2.56. The lowest BCUT2D eigenvalue weighted by atomic mass is 10.0. The normalized spacial score (nSPS) is 16.7. The Morgan fingerprint density at radius 2 is 2.19 bits per heavy atom. The van der Waals surface area contributed by atoms with E-state index in [4.69, 9.17) is 16.3 Å². The number of aliphatic hydroxyl groups excluding tert-OH is 1. The van der Waals surface area contributed by atoms with Gasteiger partial charge in [0.1, 0.15) is 5.75 Å². The number of benzene rings is 1. The quantitative estimate of drug-likeness (QED) is 0.849. The van der Waals surface area contributed by atoms with E-state index in [9.17, 15) is 9.90 Å². The highest BCUT2D eigenvalue weighted by Crippen LogP contribution is 2.27. The number of methoxy groups -OCH3 is 1. The molecule has 0 bridgehead atoms. The molecule has 1 unspecified atom stereocenters. The summed E-state index contributed by atoms with van der Waals surface area (Å²) < 4.78 is 5.22. The second kappa shape index (κ2) is 7.66. The number of aliphatic hydroxyl groups is 1. The van der Waals surface area contributed by atoms with Gasteiger partial charge < -0.3 is 15.2 Å². The molecule has 0 aromatic heterocycles. The van der Waals surface area contributed by atoms with Gasteiger partial charge in [-0.1, -0.05) is 24.4 Å². The Bertz CT molecular complexity index is 486. The lowest BCUT2D eigenvalue weighted by molar-refractivity contribution is -0.121. The Morgan fingerprint density at radius 1 is 1.48 bits per heavy atom. The molecule has 1 aromatic rings. The van der Waals surface area contributed by atoms with E-state index in [1.807, 2.05) is 0 Å². The SMILES string of the molecule is COc1ccc(Cl)cc1CC(=O)NCC(O)C1CCCC1. The van der Waals surface area contributed by atoms with Gasteiger partial charge in [-0.25, -0.2) is 0 Å². The molecule has 116 valence electrons. The minimum atomic E-state index is -0.447. The van der Waals surface area contributed by atoms with Gasteiger partial charge in [0.05, 0.1) is 19.6 Å². The largest absolute Gasteiger partial charge is 0.496 e. The van der Waals surface area contributed by atoms with Crippen LogP contribution in [-0.2, 0) is 11.2 Å². The predicted molar refractivity (Wildman–Crippen MR) is 82.7 cm³/mol. The van der Waals surface area contributed by atoms with E-state index in [-0.39, 0.29) is 12.3 Å². The average Bonchev–Trinajstić information content (AvgIpc) is 2.99. The number of carbonyl (C=O) groups is 1. The minimum Gasteiger partial charge on any atom is -0.496 e. The molecule has 5 heteroatoms. The fraction of sp³-hybridized carbons (Fsp3) is 0.562. The molecule has 0 spiro atoms. The van der Waals surface area contributed by atoms with Gasteiger partial charge in [0.2, 0.25) is 5.91 Å². The number of amides is 1. The molecule has 1 atom stereocenters. The van der Waals surface area contributed by atoms with Crippen molar-refractivity contribution in [1.82, 2.24) is 5.32 Å². The number of hydrogen-bond donors (Lipinski definition) is 2. The second-order valence-corrected chi connectivity index (χ2v) is 5.99. The van der Waals surface area contributed by atoms with Crippen molar-refractivity contribution in [2.24, 2.45) is 5.92 Å². The zero-order valence-corrected chi connectivity index (χ0v) is 13.0. The number of rotatable bonds is 6. The third-order valence-electron chi connectivity index (χ3n) is 4.05. The van der Waals surface area contributed by atoms with E-state index >= 15 is 0 Å². The van der Waals surface area contributed by atoms with Gasteiger partial charge in [-0.15, -0.1) is 0 Å². The van der Waals surface area contributed by atoms with Gasteiger partial charge in [-0.05, 0) is 37.0 Å². The Labute approximate surface area is 130 Å². The molecule has 0 heterocycles. The molecule has 2 N–H and O–H groups in total. The first-order valence-corrected chi connectivity index (χ1v) is 7.75. The van der Waals surface area contributed by atoms with Crippen LogP contribution in [0.4, 0.5) is 0 Å². The summed E-state index contributed by atoms with van der Waals surface area (Å²) in [4.78, 5) is 12.0. The first-order chi connectivity index (χ1) is 10.1. The van der Waals surface area contributed by atoms with E-state index in [2.05, 4.69) is 5.32 Å². The number of halogens is 1. The van der Waals surface area contributed by atoms with Crippen LogP contribution in [-0.4, -0.2) is 30.8 Å². The summed E-state index contributed by atoms with van der Waals surface area (Å²) in [5.74, 6) is 0.838. The Balaban J connectivity index is 1.85. The van der Waals surface area contributed by atoms with Gasteiger partial charge in [0.25, 0.3) is 0 Å². The average molecular weight is 312 g/mol. The van der Waals surface area contributed by atoms with Crippen molar-refractivity contribution < 1.29 is 14.6 Å². The van der Waals surface area contributed by atoms with Gasteiger partial charge in [0, 0.05) is 17.1 Å². The van der Waals surface area contributed by atoms with Crippen molar-refractivity contribution in [3.63, 3.8) is 0 Å². The highest BCUT2D eigenvalue weighted by atomic mass is 35.5. The highest BCUT2D eigenvalue weighted by Gasteiger charge is 2.23. The molecular formula is C16H22ClNO3. The Hall–Kier alpha value is -1.26. The third kappa shape index (κ3) is 4.61. The fourth-order valence-corrected chi connectivity index (χ4v) is 3.04. The van der Waals surface area contributed by atoms with Crippen LogP contribution in [0.15, 0.2) is 18.2 Å². The molecule has 1 aliphatic carbocycles. The first kappa shape index (κ1) is 16.1. The van der Waals surface area contributed by atoms with Crippen LogP contribution in [0.3, 0.4) is 0 Å². The van der Waals surface area contributed by atoms with Crippen LogP contribution in [0, 0.1) is 5.92 Å². The monoisotopic (exact) mass is 311 g/mol. The van der Waals surface area contributed by atoms with Crippen molar-refractivity contribution in [3.05, 3.63) is 28.8 Å². The topological polar surface area (TPSA) is 58.6 Å². The second-order valence-electron chi connectivity index (χ2n) is 5.55. The van der Waals surface area contributed by atoms with E-state index in [0.29, 0.717) is 23.2 Å². The molecule has 1 saturated carbocycles. The van der Waals surface area contributed by atoms with Crippen LogP contribution in [0.1, 0.15) is 31.2 Å². The van der Waals surface area contributed by atoms with Crippen LogP contribution in [0.25, 0.3) is 0 Å². The van der Waals surface area contributed by atoms with E-state index in [1.165, 1.54) is 12.8 Å². The summed E-state index contributed by atoms with van der Waals surface area (Å²) in [6.45, 7) is 0.312. The molecular weight excluding hydrogens is 290 g/mol. The zero-order valence-electron chi connectivity index (χ0n) is 12.3. The maximum absolute atomic E-state index is 12.0. The first-order valence-electron chi connectivity index (χ1n) is 7.37. The smallest absolute Gasteiger partial charge is 0.224 e. The maximum atomic E-state index is 12.0. The molecule has 21 heavy (non-hydrogen) atoms. The fourth-order valence-electron chi connectivity index (χ4n) is 2.85. The lowest BCUT2D eigenvalue weighted by Crippen LogP contribution is -2.36. The summed E-state index contributed by atoms with van der Waals surface area (Å²) >= 11 is 5.94. The van der Waals surface area contributed by atoms with E-state index in [0.717, 1.165) is 18.4 Å². The Morgan fingerprint density at radius 3 is 2.86 bits per heavy atom. The van der Waals surface area contributed by atoms with E-state index < -0.39 is 6.10 Å². The molecule has 1 amide bonds. The Kier molecular flexibility index (Phi) is 5.88. The highest BCUT2D eigenvalue weighted by molar-refractivity contribution is 6.30. The maximum Gasteiger partial charge on any atom is 0.224 e. The van der Waals surface area contributed by atoms with Crippen LogP contribution in [0.5, 0.6) is 5.75 Å². The molecule has 0 saturated heterocycles. The summed E-state index contributed by atoms with van der Waals surface area (Å²) in [6.07, 6.45) is 4.21.